The van der Waals surface area contributed by atoms with Gasteiger partial charge in [0.15, 0.2) is 0 Å². The number of thiophene rings is 1. The predicted octanol–water partition coefficient (Wildman–Crippen LogP) is 4.53. The molecule has 0 aliphatic rings. The van der Waals surface area contributed by atoms with E-state index in [1.54, 1.807) is 11.0 Å². The number of hydrogen-bond acceptors (Lipinski definition) is 5. The number of rotatable bonds is 7. The molecule has 0 aliphatic carbocycles. The summed E-state index contributed by atoms with van der Waals surface area (Å²) in [5.74, 6) is 0.867. The van der Waals surface area contributed by atoms with Crippen molar-refractivity contribution in [1.29, 1.82) is 0 Å². The lowest BCUT2D eigenvalue weighted by atomic mass is 10.2. The lowest BCUT2D eigenvalue weighted by Crippen LogP contribution is -2.12. The Labute approximate surface area is 172 Å². The number of aryl methyl sites for hydroxylation is 1. The van der Waals surface area contributed by atoms with Crippen LogP contribution in [0.3, 0.4) is 0 Å². The fraction of sp³-hybridized carbons (Fsp3) is 0.136. The summed E-state index contributed by atoms with van der Waals surface area (Å²) in [6, 6.07) is 19.7. The molecule has 4 rings (SSSR count). The molecule has 1 amide bonds. The molecule has 0 saturated heterocycles. The number of aromatic nitrogens is 3. The predicted molar refractivity (Wildman–Crippen MR) is 113 cm³/mol. The van der Waals surface area contributed by atoms with Gasteiger partial charge in [-0.2, -0.15) is 0 Å². The van der Waals surface area contributed by atoms with Gasteiger partial charge in [0.05, 0.1) is 11.4 Å². The maximum absolute atomic E-state index is 12.5. The molecular weight excluding hydrogens is 384 g/mol. The Morgan fingerprint density at radius 2 is 1.90 bits per heavy atom. The molecule has 29 heavy (non-hydrogen) atoms. The van der Waals surface area contributed by atoms with Gasteiger partial charge in [-0.1, -0.05) is 48.0 Å². The Balaban J connectivity index is 1.32. The van der Waals surface area contributed by atoms with E-state index in [4.69, 9.17) is 4.74 Å². The van der Waals surface area contributed by atoms with Crippen molar-refractivity contribution in [2.45, 2.75) is 20.1 Å². The Hall–Kier alpha value is -3.45. The van der Waals surface area contributed by atoms with Gasteiger partial charge in [0, 0.05) is 5.56 Å². The minimum atomic E-state index is -0.228. The van der Waals surface area contributed by atoms with Crippen molar-refractivity contribution in [1.82, 2.24) is 14.8 Å². The quantitative estimate of drug-likeness (QED) is 0.491. The van der Waals surface area contributed by atoms with Crippen LogP contribution in [0, 0.1) is 6.92 Å². The van der Waals surface area contributed by atoms with Crippen molar-refractivity contribution >= 4 is 23.2 Å². The highest BCUT2D eigenvalue weighted by Gasteiger charge is 2.12. The van der Waals surface area contributed by atoms with E-state index in [1.165, 1.54) is 16.9 Å². The Kier molecular flexibility index (Phi) is 5.67. The van der Waals surface area contributed by atoms with E-state index in [1.807, 2.05) is 73.0 Å². The largest absolute Gasteiger partial charge is 0.489 e. The van der Waals surface area contributed by atoms with Crippen LogP contribution in [0.15, 0.2) is 72.4 Å². The molecular formula is C22H20N4O2S. The van der Waals surface area contributed by atoms with E-state index in [9.17, 15) is 4.79 Å². The van der Waals surface area contributed by atoms with Gasteiger partial charge in [0.2, 0.25) is 5.95 Å². The van der Waals surface area contributed by atoms with Crippen LogP contribution in [0.4, 0.5) is 5.95 Å². The van der Waals surface area contributed by atoms with Crippen molar-refractivity contribution in [3.05, 3.63) is 93.9 Å². The van der Waals surface area contributed by atoms with Crippen LogP contribution in [0.2, 0.25) is 0 Å². The van der Waals surface area contributed by atoms with Crippen LogP contribution in [0.5, 0.6) is 5.75 Å². The zero-order chi connectivity index (χ0) is 20.1. The first-order chi connectivity index (χ1) is 14.2. The fourth-order valence-corrected chi connectivity index (χ4v) is 3.53. The van der Waals surface area contributed by atoms with E-state index in [2.05, 4.69) is 15.4 Å². The average Bonchev–Trinajstić information content (AvgIpc) is 3.38. The minimum absolute atomic E-state index is 0.228. The van der Waals surface area contributed by atoms with Gasteiger partial charge < -0.3 is 4.74 Å². The minimum Gasteiger partial charge on any atom is -0.489 e. The molecule has 6 nitrogen and oxygen atoms in total. The van der Waals surface area contributed by atoms with Crippen LogP contribution in [-0.4, -0.2) is 20.7 Å². The summed E-state index contributed by atoms with van der Waals surface area (Å²) in [5.41, 5.74) is 3.25. The van der Waals surface area contributed by atoms with E-state index >= 15 is 0 Å². The summed E-state index contributed by atoms with van der Waals surface area (Å²) >= 11 is 1.37. The highest BCUT2D eigenvalue weighted by molar-refractivity contribution is 7.12. The van der Waals surface area contributed by atoms with Crippen molar-refractivity contribution in [3.63, 3.8) is 0 Å². The number of nitrogens with one attached hydrogen (secondary N) is 1. The first-order valence-electron chi connectivity index (χ1n) is 9.17. The standard InChI is InChI=1S/C22H20N4O2S/c1-16-7-9-19(10-8-16)28-13-18-11-20(29-14-18)21(27)24-22-23-15-26(25-22)12-17-5-3-2-4-6-17/h2-11,14-15H,12-13H2,1H3,(H,24,25,27). The second-order valence-electron chi connectivity index (χ2n) is 6.63. The van der Waals surface area contributed by atoms with Crippen molar-refractivity contribution in [2.24, 2.45) is 0 Å². The molecule has 0 fully saturated rings. The van der Waals surface area contributed by atoms with Crippen LogP contribution in [-0.2, 0) is 13.2 Å². The van der Waals surface area contributed by atoms with E-state index in [0.29, 0.717) is 18.0 Å². The Morgan fingerprint density at radius 1 is 1.10 bits per heavy atom. The van der Waals surface area contributed by atoms with Crippen LogP contribution < -0.4 is 10.1 Å². The van der Waals surface area contributed by atoms with Gasteiger partial charge in [0.25, 0.3) is 5.91 Å². The Bertz CT molecular complexity index is 1090. The van der Waals surface area contributed by atoms with Gasteiger partial charge in [0.1, 0.15) is 18.7 Å². The molecule has 2 aromatic heterocycles. The number of carbonyl (C=O) groups is 1. The van der Waals surface area contributed by atoms with Gasteiger partial charge >= 0.3 is 0 Å². The monoisotopic (exact) mass is 404 g/mol. The second kappa shape index (κ2) is 8.70. The zero-order valence-electron chi connectivity index (χ0n) is 15.9. The molecule has 2 heterocycles. The number of hydrogen-bond donors (Lipinski definition) is 1. The number of amides is 1. The highest BCUT2D eigenvalue weighted by atomic mass is 32.1. The van der Waals surface area contributed by atoms with Crippen LogP contribution in [0.1, 0.15) is 26.4 Å². The van der Waals surface area contributed by atoms with Crippen molar-refractivity contribution < 1.29 is 9.53 Å². The van der Waals surface area contributed by atoms with Crippen LogP contribution in [0.25, 0.3) is 0 Å². The number of anilines is 1. The average molecular weight is 404 g/mol. The summed E-state index contributed by atoms with van der Waals surface area (Å²) in [5, 5.41) is 8.98. The SMILES string of the molecule is Cc1ccc(OCc2csc(C(=O)Nc3ncn(Cc4ccccc4)n3)c2)cc1. The molecule has 0 spiro atoms. The summed E-state index contributed by atoms with van der Waals surface area (Å²) < 4.78 is 7.46. The first-order valence-corrected chi connectivity index (χ1v) is 10.1. The van der Waals surface area contributed by atoms with Gasteiger partial charge in [-0.05, 0) is 36.1 Å². The summed E-state index contributed by atoms with van der Waals surface area (Å²) in [6.45, 7) is 3.05. The molecule has 4 aromatic rings. The molecule has 0 unspecified atom stereocenters. The lowest BCUT2D eigenvalue weighted by Gasteiger charge is -2.04. The lowest BCUT2D eigenvalue weighted by molar-refractivity contribution is 0.102. The van der Waals surface area contributed by atoms with E-state index in [0.717, 1.165) is 16.9 Å². The third kappa shape index (κ3) is 5.08. The summed E-state index contributed by atoms with van der Waals surface area (Å²) in [7, 11) is 0. The van der Waals surface area contributed by atoms with Gasteiger partial charge in [-0.3, -0.25) is 10.1 Å². The zero-order valence-corrected chi connectivity index (χ0v) is 16.7. The molecule has 1 N–H and O–H groups in total. The van der Waals surface area contributed by atoms with Crippen molar-refractivity contribution in [3.8, 4) is 5.75 Å². The molecule has 0 atom stereocenters. The van der Waals surface area contributed by atoms with Crippen LogP contribution >= 0.6 is 11.3 Å². The maximum atomic E-state index is 12.5. The number of ether oxygens (including phenoxy) is 1. The fourth-order valence-electron chi connectivity index (χ4n) is 2.73. The van der Waals surface area contributed by atoms with E-state index in [-0.39, 0.29) is 11.9 Å². The normalized spacial score (nSPS) is 10.7. The third-order valence-corrected chi connectivity index (χ3v) is 5.23. The smallest absolute Gasteiger partial charge is 0.268 e. The molecule has 0 saturated carbocycles. The molecule has 7 heteroatoms. The Morgan fingerprint density at radius 3 is 2.69 bits per heavy atom. The topological polar surface area (TPSA) is 69.0 Å². The molecule has 0 radical (unpaired) electrons. The number of benzene rings is 2. The molecule has 0 aliphatic heterocycles. The number of nitrogens with zero attached hydrogens (tertiary/aromatic N) is 3. The summed E-state index contributed by atoms with van der Waals surface area (Å²) in [4.78, 5) is 17.2. The van der Waals surface area contributed by atoms with Gasteiger partial charge in [-0.15, -0.1) is 16.4 Å². The number of carbonyl (C=O) groups excluding carboxylic acids is 1. The molecule has 0 bridgehead atoms. The maximum Gasteiger partial charge on any atom is 0.268 e. The molecule has 146 valence electrons. The van der Waals surface area contributed by atoms with E-state index < -0.39 is 0 Å². The first kappa shape index (κ1) is 18.9. The third-order valence-electron chi connectivity index (χ3n) is 4.25. The molecule has 2 aromatic carbocycles. The second-order valence-corrected chi connectivity index (χ2v) is 7.54. The highest BCUT2D eigenvalue weighted by Crippen LogP contribution is 2.19. The van der Waals surface area contributed by atoms with Crippen molar-refractivity contribution in [2.75, 3.05) is 5.32 Å². The summed E-state index contributed by atoms with van der Waals surface area (Å²) in [6.07, 6.45) is 1.61. The van der Waals surface area contributed by atoms with Gasteiger partial charge in [-0.25, -0.2) is 9.67 Å².